The molecule has 2 aromatic carbocycles. The molecule has 1 atom stereocenters. The monoisotopic (exact) mass is 302 g/mol. The Morgan fingerprint density at radius 2 is 1.48 bits per heavy atom. The lowest BCUT2D eigenvalue weighted by Gasteiger charge is -2.11. The van der Waals surface area contributed by atoms with E-state index in [0.717, 1.165) is 12.1 Å². The first-order valence-electron chi connectivity index (χ1n) is 7.02. The predicted octanol–water partition coefficient (Wildman–Crippen LogP) is 5.50. The van der Waals surface area contributed by atoms with Crippen molar-refractivity contribution >= 4 is 29.0 Å². The number of anilines is 2. The third-order valence-corrected chi connectivity index (χ3v) is 3.70. The lowest BCUT2D eigenvalue weighted by molar-refractivity contribution is 0.262. The SMILES string of the molecule is CCC(C)c1ccc(NC(=O)Nc2ccc(Cl)cc2)cc1. The molecule has 2 rings (SSSR count). The van der Waals surface area contributed by atoms with Crippen molar-refractivity contribution in [2.24, 2.45) is 0 Å². The van der Waals surface area contributed by atoms with E-state index in [-0.39, 0.29) is 6.03 Å². The van der Waals surface area contributed by atoms with E-state index in [2.05, 4.69) is 24.5 Å². The molecule has 4 heteroatoms. The molecule has 0 aliphatic rings. The van der Waals surface area contributed by atoms with Crippen LogP contribution in [0.15, 0.2) is 48.5 Å². The summed E-state index contributed by atoms with van der Waals surface area (Å²) in [6.45, 7) is 4.35. The zero-order valence-corrected chi connectivity index (χ0v) is 12.9. The van der Waals surface area contributed by atoms with Gasteiger partial charge in [0, 0.05) is 16.4 Å². The Morgan fingerprint density at radius 1 is 1.00 bits per heavy atom. The first-order chi connectivity index (χ1) is 10.1. The van der Waals surface area contributed by atoms with Gasteiger partial charge in [-0.1, -0.05) is 37.6 Å². The van der Waals surface area contributed by atoms with Crippen molar-refractivity contribution in [1.82, 2.24) is 0 Å². The number of carbonyl (C=O) groups is 1. The fourth-order valence-electron chi connectivity index (χ4n) is 1.96. The van der Waals surface area contributed by atoms with E-state index in [9.17, 15) is 4.79 Å². The molecule has 1 unspecified atom stereocenters. The Bertz CT molecular complexity index is 593. The van der Waals surface area contributed by atoms with Crippen LogP contribution in [0.2, 0.25) is 5.02 Å². The molecule has 0 heterocycles. The maximum absolute atomic E-state index is 11.9. The molecule has 0 saturated carbocycles. The van der Waals surface area contributed by atoms with E-state index in [1.165, 1.54) is 5.56 Å². The number of urea groups is 1. The second kappa shape index (κ2) is 7.14. The average Bonchev–Trinajstić information content (AvgIpc) is 2.49. The normalized spacial score (nSPS) is 11.8. The van der Waals surface area contributed by atoms with E-state index in [4.69, 9.17) is 11.6 Å². The fourth-order valence-corrected chi connectivity index (χ4v) is 2.08. The molecule has 0 aliphatic carbocycles. The summed E-state index contributed by atoms with van der Waals surface area (Å²) in [5, 5.41) is 6.20. The summed E-state index contributed by atoms with van der Waals surface area (Å²) in [7, 11) is 0. The molecule has 2 N–H and O–H groups in total. The second-order valence-electron chi connectivity index (χ2n) is 5.02. The topological polar surface area (TPSA) is 41.1 Å². The Morgan fingerprint density at radius 3 is 1.95 bits per heavy atom. The zero-order chi connectivity index (χ0) is 15.2. The van der Waals surface area contributed by atoms with Gasteiger partial charge in [-0.3, -0.25) is 0 Å². The van der Waals surface area contributed by atoms with Crippen molar-refractivity contribution in [2.45, 2.75) is 26.2 Å². The Kier molecular flexibility index (Phi) is 5.23. The van der Waals surface area contributed by atoms with Gasteiger partial charge in [-0.05, 0) is 54.3 Å². The molecule has 0 saturated heterocycles. The van der Waals surface area contributed by atoms with Crippen LogP contribution in [-0.4, -0.2) is 6.03 Å². The highest BCUT2D eigenvalue weighted by atomic mass is 35.5. The summed E-state index contributed by atoms with van der Waals surface area (Å²) in [6.07, 6.45) is 1.10. The van der Waals surface area contributed by atoms with Gasteiger partial charge in [0.15, 0.2) is 0 Å². The third kappa shape index (κ3) is 4.50. The van der Waals surface area contributed by atoms with Crippen LogP contribution in [0.1, 0.15) is 31.7 Å². The van der Waals surface area contributed by atoms with E-state index in [1.54, 1.807) is 24.3 Å². The van der Waals surface area contributed by atoms with Gasteiger partial charge in [-0.2, -0.15) is 0 Å². The molecule has 0 aliphatic heterocycles. The van der Waals surface area contributed by atoms with Crippen LogP contribution in [0, 0.1) is 0 Å². The Hall–Kier alpha value is -2.00. The summed E-state index contributed by atoms with van der Waals surface area (Å²) in [4.78, 5) is 11.9. The van der Waals surface area contributed by atoms with Crippen molar-refractivity contribution in [1.29, 1.82) is 0 Å². The van der Waals surface area contributed by atoms with Crippen LogP contribution >= 0.6 is 11.6 Å². The van der Waals surface area contributed by atoms with Gasteiger partial charge in [0.25, 0.3) is 0 Å². The summed E-state index contributed by atoms with van der Waals surface area (Å²) < 4.78 is 0. The number of hydrogen-bond acceptors (Lipinski definition) is 1. The first-order valence-corrected chi connectivity index (χ1v) is 7.40. The van der Waals surface area contributed by atoms with Crippen LogP contribution in [0.5, 0.6) is 0 Å². The molecule has 0 aromatic heterocycles. The van der Waals surface area contributed by atoms with Crippen LogP contribution in [0.4, 0.5) is 16.2 Å². The predicted molar refractivity (Wildman–Crippen MR) is 89.2 cm³/mol. The standard InChI is InChI=1S/C17H19ClN2O/c1-3-12(2)13-4-8-15(9-5-13)19-17(21)20-16-10-6-14(18)7-11-16/h4-12H,3H2,1-2H3,(H2,19,20,21). The van der Waals surface area contributed by atoms with Gasteiger partial charge >= 0.3 is 6.03 Å². The molecule has 0 spiro atoms. The molecule has 0 fully saturated rings. The lowest BCUT2D eigenvalue weighted by Crippen LogP contribution is -2.19. The Labute approximate surface area is 130 Å². The van der Waals surface area contributed by atoms with E-state index >= 15 is 0 Å². The van der Waals surface area contributed by atoms with Crippen molar-refractivity contribution < 1.29 is 4.79 Å². The molecular weight excluding hydrogens is 284 g/mol. The van der Waals surface area contributed by atoms with Gasteiger partial charge in [0.2, 0.25) is 0 Å². The zero-order valence-electron chi connectivity index (χ0n) is 12.2. The van der Waals surface area contributed by atoms with Gasteiger partial charge in [0.05, 0.1) is 0 Å². The van der Waals surface area contributed by atoms with Crippen molar-refractivity contribution in [3.05, 3.63) is 59.1 Å². The molecule has 0 radical (unpaired) electrons. The van der Waals surface area contributed by atoms with Crippen molar-refractivity contribution in [3.8, 4) is 0 Å². The molecule has 3 nitrogen and oxygen atoms in total. The summed E-state index contributed by atoms with van der Waals surface area (Å²) in [5.74, 6) is 0.530. The second-order valence-corrected chi connectivity index (χ2v) is 5.45. The summed E-state index contributed by atoms with van der Waals surface area (Å²) in [6, 6.07) is 14.6. The fraction of sp³-hybridized carbons (Fsp3) is 0.235. The minimum Gasteiger partial charge on any atom is -0.308 e. The quantitative estimate of drug-likeness (QED) is 0.769. The number of carbonyl (C=O) groups excluding carboxylic acids is 1. The van der Waals surface area contributed by atoms with Gasteiger partial charge < -0.3 is 10.6 Å². The third-order valence-electron chi connectivity index (χ3n) is 3.45. The molecular formula is C17H19ClN2O. The number of benzene rings is 2. The largest absolute Gasteiger partial charge is 0.323 e. The number of hydrogen-bond donors (Lipinski definition) is 2. The van der Waals surface area contributed by atoms with Gasteiger partial charge in [0.1, 0.15) is 0 Å². The molecule has 21 heavy (non-hydrogen) atoms. The average molecular weight is 303 g/mol. The van der Waals surface area contributed by atoms with E-state index in [0.29, 0.717) is 16.6 Å². The van der Waals surface area contributed by atoms with Gasteiger partial charge in [-0.25, -0.2) is 4.79 Å². The molecule has 0 bridgehead atoms. The first kappa shape index (κ1) is 15.4. The number of nitrogens with one attached hydrogen (secondary N) is 2. The number of rotatable bonds is 4. The smallest absolute Gasteiger partial charge is 0.308 e. The molecule has 2 aromatic rings. The van der Waals surface area contributed by atoms with Crippen LogP contribution in [0.3, 0.4) is 0 Å². The molecule has 110 valence electrons. The van der Waals surface area contributed by atoms with Crippen molar-refractivity contribution in [3.63, 3.8) is 0 Å². The molecule has 2 amide bonds. The Balaban J connectivity index is 1.94. The summed E-state index contributed by atoms with van der Waals surface area (Å²) in [5.41, 5.74) is 2.75. The minimum absolute atomic E-state index is 0.270. The summed E-state index contributed by atoms with van der Waals surface area (Å²) >= 11 is 5.80. The highest BCUT2D eigenvalue weighted by Gasteiger charge is 2.05. The number of halogens is 1. The highest BCUT2D eigenvalue weighted by molar-refractivity contribution is 6.30. The van der Waals surface area contributed by atoms with E-state index < -0.39 is 0 Å². The van der Waals surface area contributed by atoms with Crippen LogP contribution in [-0.2, 0) is 0 Å². The lowest BCUT2D eigenvalue weighted by atomic mass is 9.99. The van der Waals surface area contributed by atoms with Crippen LogP contribution in [0.25, 0.3) is 0 Å². The maximum Gasteiger partial charge on any atom is 0.323 e. The van der Waals surface area contributed by atoms with Crippen molar-refractivity contribution in [2.75, 3.05) is 10.6 Å². The highest BCUT2D eigenvalue weighted by Crippen LogP contribution is 2.20. The number of amides is 2. The maximum atomic E-state index is 11.9. The minimum atomic E-state index is -0.270. The van der Waals surface area contributed by atoms with Crippen LogP contribution < -0.4 is 10.6 Å². The van der Waals surface area contributed by atoms with Gasteiger partial charge in [-0.15, -0.1) is 0 Å². The van der Waals surface area contributed by atoms with E-state index in [1.807, 2.05) is 24.3 Å².